The van der Waals surface area contributed by atoms with E-state index in [0.717, 1.165) is 22.1 Å². The lowest BCUT2D eigenvalue weighted by molar-refractivity contribution is -0.113. The molecule has 1 amide bonds. The molecular weight excluding hydrogens is 262 g/mol. The largest absolute Gasteiger partial charge is 0.497 e. The maximum Gasteiger partial charge on any atom is 0.241 e. The molecule has 2 aromatic rings. The van der Waals surface area contributed by atoms with Crippen LogP contribution < -0.4 is 10.5 Å². The molecule has 21 heavy (non-hydrogen) atoms. The maximum atomic E-state index is 10.7. The molecule has 2 N–H and O–H groups in total. The zero-order valence-corrected chi connectivity index (χ0v) is 13.5. The number of fused-ring (bicyclic) bond motifs is 1. The van der Waals surface area contributed by atoms with Crippen molar-refractivity contribution in [3.8, 4) is 5.75 Å². The van der Waals surface area contributed by atoms with Crippen LogP contribution in [0.1, 0.15) is 33.3 Å². The van der Waals surface area contributed by atoms with Crippen molar-refractivity contribution in [2.75, 3.05) is 7.11 Å². The van der Waals surface area contributed by atoms with E-state index >= 15 is 0 Å². The number of ether oxygens (including phenoxy) is 1. The predicted molar refractivity (Wildman–Crippen MR) is 91.4 cm³/mol. The van der Waals surface area contributed by atoms with Gasteiger partial charge in [-0.05, 0) is 34.5 Å². The van der Waals surface area contributed by atoms with Gasteiger partial charge in [-0.1, -0.05) is 52.0 Å². The minimum atomic E-state index is -0.454. The van der Waals surface area contributed by atoms with Crippen molar-refractivity contribution in [2.45, 2.75) is 27.7 Å². The molecule has 0 radical (unpaired) electrons. The lowest BCUT2D eigenvalue weighted by atomic mass is 10.0. The quantitative estimate of drug-likeness (QED) is 0.851. The molecule has 0 spiro atoms. The summed E-state index contributed by atoms with van der Waals surface area (Å²) in [5, 5.41) is 2.13. The molecule has 0 aliphatic heterocycles. The Labute approximate surface area is 127 Å². The topological polar surface area (TPSA) is 52.3 Å². The van der Waals surface area contributed by atoms with Crippen LogP contribution in [-0.2, 0) is 4.79 Å². The summed E-state index contributed by atoms with van der Waals surface area (Å²) < 4.78 is 5.19. The van der Waals surface area contributed by atoms with Gasteiger partial charge in [0.15, 0.2) is 0 Å². The molecule has 2 rings (SSSR count). The Morgan fingerprint density at radius 1 is 1.10 bits per heavy atom. The number of carbonyl (C=O) groups excluding carboxylic acids is 1. The van der Waals surface area contributed by atoms with Gasteiger partial charge in [-0.3, -0.25) is 4.79 Å². The summed E-state index contributed by atoms with van der Waals surface area (Å²) in [6.07, 6.45) is 3.07. The fourth-order valence-electron chi connectivity index (χ4n) is 1.72. The van der Waals surface area contributed by atoms with E-state index in [1.807, 2.05) is 64.1 Å². The molecule has 3 nitrogen and oxygen atoms in total. The van der Waals surface area contributed by atoms with Crippen molar-refractivity contribution in [2.24, 2.45) is 5.73 Å². The molecule has 2 aromatic carbocycles. The zero-order valence-electron chi connectivity index (χ0n) is 13.5. The second-order valence-corrected chi connectivity index (χ2v) is 3.67. The highest BCUT2D eigenvalue weighted by molar-refractivity contribution is 5.96. The summed E-state index contributed by atoms with van der Waals surface area (Å²) in [5.41, 5.74) is 6.03. The first-order valence-corrected chi connectivity index (χ1v) is 7.25. The molecule has 0 saturated heterocycles. The summed E-state index contributed by atoms with van der Waals surface area (Å²) in [4.78, 5) is 10.7. The Morgan fingerprint density at radius 3 is 2.33 bits per heavy atom. The van der Waals surface area contributed by atoms with Gasteiger partial charge < -0.3 is 10.5 Å². The normalized spacial score (nSPS) is 9.38. The molecule has 0 aliphatic rings. The Morgan fingerprint density at radius 2 is 1.76 bits per heavy atom. The summed E-state index contributed by atoms with van der Waals surface area (Å²) in [5.74, 6) is 0.335. The third kappa shape index (κ3) is 5.69. The van der Waals surface area contributed by atoms with Crippen LogP contribution in [0.4, 0.5) is 0 Å². The van der Waals surface area contributed by atoms with Gasteiger partial charge in [-0.15, -0.1) is 0 Å². The van der Waals surface area contributed by atoms with Gasteiger partial charge in [0.1, 0.15) is 5.75 Å². The number of benzene rings is 2. The molecule has 0 fully saturated rings. The molecule has 0 aliphatic carbocycles. The minimum absolute atomic E-state index is 0.454. The van der Waals surface area contributed by atoms with E-state index in [0.29, 0.717) is 0 Å². The number of hydrogen-bond acceptors (Lipinski definition) is 2. The van der Waals surface area contributed by atoms with Crippen LogP contribution in [0.15, 0.2) is 42.5 Å². The highest BCUT2D eigenvalue weighted by atomic mass is 16.5. The van der Waals surface area contributed by atoms with E-state index in [1.165, 1.54) is 6.08 Å². The maximum absolute atomic E-state index is 10.7. The summed E-state index contributed by atoms with van der Waals surface area (Å²) >= 11 is 0. The Bertz CT molecular complexity index is 589. The minimum Gasteiger partial charge on any atom is -0.497 e. The van der Waals surface area contributed by atoms with Crippen LogP contribution in [0.25, 0.3) is 16.8 Å². The van der Waals surface area contributed by atoms with Crippen molar-refractivity contribution in [3.05, 3.63) is 48.0 Å². The molecular formula is C18H25NO2. The smallest absolute Gasteiger partial charge is 0.241 e. The monoisotopic (exact) mass is 287 g/mol. The van der Waals surface area contributed by atoms with Crippen LogP contribution in [0.2, 0.25) is 0 Å². The van der Waals surface area contributed by atoms with Crippen molar-refractivity contribution in [1.82, 2.24) is 0 Å². The van der Waals surface area contributed by atoms with Gasteiger partial charge in [0.25, 0.3) is 0 Å². The standard InChI is InChI=1S/C14H13NO2.2C2H6/c1-17-12-7-5-10-3-2-4-11(13(10)9-12)6-8-14(15)16;2*1-2/h2-9H,1H3,(H2,15,16);2*1-2H3/b8-6+;;. The van der Waals surface area contributed by atoms with Crippen LogP contribution >= 0.6 is 0 Å². The van der Waals surface area contributed by atoms with Crippen LogP contribution in [0.5, 0.6) is 5.75 Å². The van der Waals surface area contributed by atoms with Crippen molar-refractivity contribution in [3.63, 3.8) is 0 Å². The highest BCUT2D eigenvalue weighted by Gasteiger charge is 2.00. The fraction of sp³-hybridized carbons (Fsp3) is 0.278. The van der Waals surface area contributed by atoms with Crippen molar-refractivity contribution in [1.29, 1.82) is 0 Å². The van der Waals surface area contributed by atoms with Gasteiger partial charge >= 0.3 is 0 Å². The van der Waals surface area contributed by atoms with E-state index in [-0.39, 0.29) is 0 Å². The van der Waals surface area contributed by atoms with E-state index in [2.05, 4.69) is 0 Å². The van der Waals surface area contributed by atoms with Gasteiger partial charge in [-0.25, -0.2) is 0 Å². The molecule has 0 heterocycles. The number of amides is 1. The third-order valence-electron chi connectivity index (χ3n) is 2.55. The predicted octanol–water partition coefficient (Wildman–Crippen LogP) is 4.40. The first-order valence-electron chi connectivity index (χ1n) is 7.25. The number of hydrogen-bond donors (Lipinski definition) is 1. The lowest BCUT2D eigenvalue weighted by Gasteiger charge is -2.05. The van der Waals surface area contributed by atoms with E-state index < -0.39 is 5.91 Å². The molecule has 0 saturated carbocycles. The first-order chi connectivity index (χ1) is 10.2. The number of methoxy groups -OCH3 is 1. The molecule has 0 unspecified atom stereocenters. The number of primary amides is 1. The summed E-state index contributed by atoms with van der Waals surface area (Å²) in [6, 6.07) is 11.7. The first kappa shape index (κ1) is 18.7. The average molecular weight is 287 g/mol. The van der Waals surface area contributed by atoms with Crippen molar-refractivity contribution < 1.29 is 9.53 Å². The van der Waals surface area contributed by atoms with Gasteiger partial charge in [0.2, 0.25) is 5.91 Å². The van der Waals surface area contributed by atoms with E-state index in [4.69, 9.17) is 10.5 Å². The second-order valence-electron chi connectivity index (χ2n) is 3.67. The van der Waals surface area contributed by atoms with Gasteiger partial charge in [-0.2, -0.15) is 0 Å². The molecule has 0 aromatic heterocycles. The van der Waals surface area contributed by atoms with Crippen LogP contribution in [-0.4, -0.2) is 13.0 Å². The fourth-order valence-corrected chi connectivity index (χ4v) is 1.72. The summed E-state index contributed by atoms with van der Waals surface area (Å²) in [7, 11) is 1.63. The van der Waals surface area contributed by atoms with E-state index in [9.17, 15) is 4.79 Å². The zero-order chi connectivity index (χ0) is 16.3. The van der Waals surface area contributed by atoms with Crippen LogP contribution in [0.3, 0.4) is 0 Å². The highest BCUT2D eigenvalue weighted by Crippen LogP contribution is 2.24. The third-order valence-corrected chi connectivity index (χ3v) is 2.55. The lowest BCUT2D eigenvalue weighted by Crippen LogP contribution is -2.05. The van der Waals surface area contributed by atoms with Crippen molar-refractivity contribution >= 4 is 22.8 Å². The van der Waals surface area contributed by atoms with Gasteiger partial charge in [0, 0.05) is 6.08 Å². The SMILES string of the molecule is CC.CC.COc1ccc2cccc(/C=C/C(N)=O)c2c1. The summed E-state index contributed by atoms with van der Waals surface area (Å²) in [6.45, 7) is 8.00. The number of carbonyl (C=O) groups is 1. The average Bonchev–Trinajstić information content (AvgIpc) is 2.56. The Hall–Kier alpha value is -2.29. The molecule has 114 valence electrons. The van der Waals surface area contributed by atoms with E-state index in [1.54, 1.807) is 13.2 Å². The molecule has 0 bridgehead atoms. The second kappa shape index (κ2) is 10.5. The molecule has 3 heteroatoms. The van der Waals surface area contributed by atoms with Gasteiger partial charge in [0.05, 0.1) is 7.11 Å². The Kier molecular flexibility index (Phi) is 9.35. The Balaban J connectivity index is 0.000000921. The number of nitrogens with two attached hydrogens (primary N) is 1. The number of rotatable bonds is 3. The van der Waals surface area contributed by atoms with Crippen LogP contribution in [0, 0.1) is 0 Å². The molecule has 0 atom stereocenters.